The number of carbonyl (C=O) groups excluding carboxylic acids is 2. The summed E-state index contributed by atoms with van der Waals surface area (Å²) in [6, 6.07) is 0.256. The van der Waals surface area contributed by atoms with Crippen molar-refractivity contribution >= 4 is 11.8 Å². The fraction of sp³-hybridized carbons (Fsp3) is 0.800. The summed E-state index contributed by atoms with van der Waals surface area (Å²) in [6.45, 7) is 9.40. The molecule has 0 unspecified atom stereocenters. The van der Waals surface area contributed by atoms with Gasteiger partial charge < -0.3 is 16.0 Å². The van der Waals surface area contributed by atoms with Crippen LogP contribution in [0.25, 0.3) is 0 Å². The van der Waals surface area contributed by atoms with E-state index in [9.17, 15) is 9.59 Å². The predicted molar refractivity (Wildman–Crippen MR) is 79.7 cm³/mol. The molecule has 115 valence electrons. The number of piperidine rings is 1. The first kappa shape index (κ1) is 17.0. The SMILES string of the molecule is CC(C)CN1CCC(NC(=O)[CH]C[C@H](C)C(N)=O)CC1. The molecule has 1 fully saturated rings. The van der Waals surface area contributed by atoms with E-state index in [2.05, 4.69) is 24.1 Å². The van der Waals surface area contributed by atoms with Crippen LogP contribution in [0.4, 0.5) is 0 Å². The molecule has 5 heteroatoms. The number of hydrogen-bond acceptors (Lipinski definition) is 3. The second-order valence-electron chi connectivity index (χ2n) is 6.22. The van der Waals surface area contributed by atoms with Crippen molar-refractivity contribution in [2.24, 2.45) is 17.6 Å². The smallest absolute Gasteiger partial charge is 0.224 e. The van der Waals surface area contributed by atoms with Gasteiger partial charge in [-0.3, -0.25) is 9.59 Å². The minimum absolute atomic E-state index is 0.0830. The molecule has 1 aliphatic rings. The minimum Gasteiger partial charge on any atom is -0.369 e. The second kappa shape index (κ2) is 8.25. The average molecular weight is 282 g/mol. The van der Waals surface area contributed by atoms with Gasteiger partial charge in [0.05, 0.1) is 6.42 Å². The van der Waals surface area contributed by atoms with Gasteiger partial charge in [0.15, 0.2) is 0 Å². The van der Waals surface area contributed by atoms with E-state index in [-0.39, 0.29) is 23.8 Å². The Balaban J connectivity index is 2.19. The summed E-state index contributed by atoms with van der Waals surface area (Å²) in [5.41, 5.74) is 5.17. The molecular formula is C15H28N3O2. The third-order valence-electron chi connectivity index (χ3n) is 3.70. The topological polar surface area (TPSA) is 75.4 Å². The van der Waals surface area contributed by atoms with E-state index in [0.29, 0.717) is 12.3 Å². The molecule has 0 saturated carbocycles. The molecule has 1 rings (SSSR count). The molecule has 3 N–H and O–H groups in total. The van der Waals surface area contributed by atoms with E-state index in [0.717, 1.165) is 32.5 Å². The van der Waals surface area contributed by atoms with E-state index in [4.69, 9.17) is 5.73 Å². The number of nitrogens with two attached hydrogens (primary N) is 1. The first-order valence-electron chi connectivity index (χ1n) is 7.53. The van der Waals surface area contributed by atoms with E-state index in [1.807, 2.05) is 0 Å². The summed E-state index contributed by atoms with van der Waals surface area (Å²) < 4.78 is 0. The summed E-state index contributed by atoms with van der Waals surface area (Å²) in [4.78, 5) is 25.1. The van der Waals surface area contributed by atoms with E-state index < -0.39 is 0 Å². The lowest BCUT2D eigenvalue weighted by atomic mass is 10.0. The number of rotatable bonds is 7. The Morgan fingerprint density at radius 2 is 1.90 bits per heavy atom. The van der Waals surface area contributed by atoms with Crippen molar-refractivity contribution in [3.05, 3.63) is 6.42 Å². The summed E-state index contributed by atoms with van der Waals surface area (Å²) in [5, 5.41) is 3.01. The predicted octanol–water partition coefficient (Wildman–Crippen LogP) is 0.939. The van der Waals surface area contributed by atoms with Gasteiger partial charge in [-0.05, 0) is 25.2 Å². The van der Waals surface area contributed by atoms with Crippen LogP contribution in [0.15, 0.2) is 0 Å². The second-order valence-corrected chi connectivity index (χ2v) is 6.22. The molecule has 20 heavy (non-hydrogen) atoms. The highest BCUT2D eigenvalue weighted by Crippen LogP contribution is 2.12. The zero-order valence-electron chi connectivity index (χ0n) is 12.9. The van der Waals surface area contributed by atoms with Crippen LogP contribution >= 0.6 is 0 Å². The third-order valence-corrected chi connectivity index (χ3v) is 3.70. The Bertz CT molecular complexity index is 323. The maximum Gasteiger partial charge on any atom is 0.224 e. The first-order chi connectivity index (χ1) is 9.38. The Kier molecular flexibility index (Phi) is 6.99. The van der Waals surface area contributed by atoms with Gasteiger partial charge in [-0.2, -0.15) is 0 Å². The van der Waals surface area contributed by atoms with Crippen LogP contribution in [0, 0.1) is 18.3 Å². The van der Waals surface area contributed by atoms with Crippen molar-refractivity contribution in [3.63, 3.8) is 0 Å². The highest BCUT2D eigenvalue weighted by atomic mass is 16.2. The van der Waals surface area contributed by atoms with Crippen molar-refractivity contribution in [2.75, 3.05) is 19.6 Å². The Morgan fingerprint density at radius 3 is 2.40 bits per heavy atom. The number of likely N-dealkylation sites (tertiary alicyclic amines) is 1. The van der Waals surface area contributed by atoms with Crippen molar-refractivity contribution < 1.29 is 9.59 Å². The molecule has 0 aliphatic carbocycles. The lowest BCUT2D eigenvalue weighted by Crippen LogP contribution is -2.45. The Labute approximate surface area is 122 Å². The Morgan fingerprint density at radius 1 is 1.30 bits per heavy atom. The van der Waals surface area contributed by atoms with Gasteiger partial charge >= 0.3 is 0 Å². The van der Waals surface area contributed by atoms with Crippen LogP contribution in [0.1, 0.15) is 40.0 Å². The van der Waals surface area contributed by atoms with Crippen molar-refractivity contribution in [2.45, 2.75) is 46.1 Å². The van der Waals surface area contributed by atoms with Gasteiger partial charge in [0, 0.05) is 31.6 Å². The number of carbonyl (C=O) groups is 2. The van der Waals surface area contributed by atoms with Gasteiger partial charge in [-0.25, -0.2) is 0 Å². The molecule has 0 aromatic rings. The molecule has 1 atom stereocenters. The molecule has 1 saturated heterocycles. The maximum atomic E-state index is 11.8. The molecule has 0 bridgehead atoms. The lowest BCUT2D eigenvalue weighted by Gasteiger charge is -2.33. The molecule has 1 radical (unpaired) electrons. The zero-order valence-corrected chi connectivity index (χ0v) is 12.9. The standard InChI is InChI=1S/C15H28N3O2/c1-11(2)10-18-8-6-13(7-9-18)17-14(19)5-4-12(3)15(16)20/h5,11-13H,4,6-10H2,1-3H3,(H2,16,20)(H,17,19)/t12-/m0/s1. The van der Waals surface area contributed by atoms with Crippen LogP contribution < -0.4 is 11.1 Å². The van der Waals surface area contributed by atoms with Crippen molar-refractivity contribution in [3.8, 4) is 0 Å². The molecular weight excluding hydrogens is 254 g/mol. The van der Waals surface area contributed by atoms with E-state index in [1.54, 1.807) is 6.92 Å². The van der Waals surface area contributed by atoms with E-state index >= 15 is 0 Å². The van der Waals surface area contributed by atoms with Crippen LogP contribution in [0.5, 0.6) is 0 Å². The van der Waals surface area contributed by atoms with Crippen molar-refractivity contribution in [1.29, 1.82) is 0 Å². The molecule has 0 spiro atoms. The van der Waals surface area contributed by atoms with Crippen molar-refractivity contribution in [1.82, 2.24) is 10.2 Å². The fourth-order valence-corrected chi connectivity index (χ4v) is 2.44. The van der Waals surface area contributed by atoms with Crippen LogP contribution in [0.2, 0.25) is 0 Å². The average Bonchev–Trinajstić information content (AvgIpc) is 2.37. The summed E-state index contributed by atoms with van der Waals surface area (Å²) >= 11 is 0. The van der Waals surface area contributed by atoms with Crippen LogP contribution in [-0.4, -0.2) is 42.4 Å². The molecule has 2 amide bonds. The summed E-state index contributed by atoms with van der Waals surface area (Å²) in [6.07, 6.45) is 3.94. The summed E-state index contributed by atoms with van der Waals surface area (Å²) in [7, 11) is 0. The molecule has 0 aromatic carbocycles. The van der Waals surface area contributed by atoms with Gasteiger partial charge in [0.25, 0.3) is 0 Å². The van der Waals surface area contributed by atoms with Crippen LogP contribution in [-0.2, 0) is 9.59 Å². The molecule has 1 heterocycles. The Hall–Kier alpha value is -1.10. The first-order valence-corrected chi connectivity index (χ1v) is 7.53. The molecule has 5 nitrogen and oxygen atoms in total. The lowest BCUT2D eigenvalue weighted by molar-refractivity contribution is -0.121. The number of nitrogens with zero attached hydrogens (tertiary/aromatic N) is 1. The highest BCUT2D eigenvalue weighted by molar-refractivity contribution is 5.86. The normalized spacial score (nSPS) is 19.0. The number of hydrogen-bond donors (Lipinski definition) is 2. The number of primary amides is 1. The number of nitrogens with one attached hydrogen (secondary N) is 1. The summed E-state index contributed by atoms with van der Waals surface area (Å²) in [5.74, 6) is -0.0464. The quantitative estimate of drug-likeness (QED) is 0.729. The number of amides is 2. The third kappa shape index (κ3) is 6.37. The largest absolute Gasteiger partial charge is 0.369 e. The maximum absolute atomic E-state index is 11.8. The van der Waals surface area contributed by atoms with Gasteiger partial charge in [0.2, 0.25) is 11.8 Å². The monoisotopic (exact) mass is 282 g/mol. The van der Waals surface area contributed by atoms with Gasteiger partial charge in [-0.1, -0.05) is 20.8 Å². The molecule has 0 aromatic heterocycles. The van der Waals surface area contributed by atoms with Crippen LogP contribution in [0.3, 0.4) is 0 Å². The zero-order chi connectivity index (χ0) is 15.1. The highest BCUT2D eigenvalue weighted by Gasteiger charge is 2.21. The van der Waals surface area contributed by atoms with E-state index in [1.165, 1.54) is 6.42 Å². The van der Waals surface area contributed by atoms with Gasteiger partial charge in [-0.15, -0.1) is 0 Å². The molecule has 1 aliphatic heterocycles. The van der Waals surface area contributed by atoms with Gasteiger partial charge in [0.1, 0.15) is 0 Å². The minimum atomic E-state index is -0.365. The fourth-order valence-electron chi connectivity index (χ4n) is 2.44.